The predicted molar refractivity (Wildman–Crippen MR) is 90.6 cm³/mol. The zero-order chi connectivity index (χ0) is 16.4. The number of hydrogen-bond acceptors (Lipinski definition) is 4. The van der Waals surface area contributed by atoms with E-state index < -0.39 is 5.60 Å². The number of rotatable bonds is 4. The van der Waals surface area contributed by atoms with Gasteiger partial charge in [-0.15, -0.1) is 0 Å². The molecular weight excluding hydrogens is 290 g/mol. The molecule has 1 aromatic rings. The van der Waals surface area contributed by atoms with Crippen LogP contribution >= 0.6 is 0 Å². The van der Waals surface area contributed by atoms with Crippen molar-refractivity contribution in [1.82, 2.24) is 14.5 Å². The normalized spacial score (nSPS) is 22.6. The van der Waals surface area contributed by atoms with E-state index in [0.29, 0.717) is 5.92 Å². The Morgan fingerprint density at radius 3 is 2.57 bits per heavy atom. The third-order valence-corrected chi connectivity index (χ3v) is 5.73. The summed E-state index contributed by atoms with van der Waals surface area (Å²) in [5.41, 5.74) is 1.24. The first-order valence-electron chi connectivity index (χ1n) is 8.94. The van der Waals surface area contributed by atoms with Crippen molar-refractivity contribution in [2.24, 2.45) is 5.92 Å². The quantitative estimate of drug-likeness (QED) is 0.920. The summed E-state index contributed by atoms with van der Waals surface area (Å²) in [7, 11) is 0. The van der Waals surface area contributed by atoms with E-state index in [4.69, 9.17) is 0 Å². The minimum Gasteiger partial charge on any atom is -0.389 e. The number of likely N-dealkylation sites (tertiary alicyclic amines) is 1. The maximum Gasteiger partial charge on any atom is 0.256 e. The van der Waals surface area contributed by atoms with E-state index >= 15 is 0 Å². The molecule has 1 N–H and O–H groups in total. The lowest BCUT2D eigenvalue weighted by atomic mass is 9.94. The molecule has 23 heavy (non-hydrogen) atoms. The fourth-order valence-corrected chi connectivity index (χ4v) is 4.02. The summed E-state index contributed by atoms with van der Waals surface area (Å²) in [6.45, 7) is 7.38. The molecule has 0 aromatic carbocycles. The van der Waals surface area contributed by atoms with Crippen LogP contribution in [0.15, 0.2) is 11.1 Å². The SMILES string of the molecule is Cc1ncn(CC2CCN(CC3(O)CCCC3)CC2)c(=O)c1C. The van der Waals surface area contributed by atoms with Crippen LogP contribution in [0.5, 0.6) is 0 Å². The van der Waals surface area contributed by atoms with E-state index in [2.05, 4.69) is 9.88 Å². The van der Waals surface area contributed by atoms with Crippen LogP contribution in [-0.4, -0.2) is 44.8 Å². The van der Waals surface area contributed by atoms with E-state index in [-0.39, 0.29) is 5.56 Å². The van der Waals surface area contributed by atoms with Gasteiger partial charge in [-0.25, -0.2) is 4.98 Å². The van der Waals surface area contributed by atoms with Crippen molar-refractivity contribution in [3.05, 3.63) is 27.9 Å². The molecule has 1 aliphatic carbocycles. The van der Waals surface area contributed by atoms with Crippen LogP contribution in [0.2, 0.25) is 0 Å². The Morgan fingerprint density at radius 1 is 1.26 bits per heavy atom. The molecule has 5 nitrogen and oxygen atoms in total. The highest BCUT2D eigenvalue weighted by Gasteiger charge is 2.34. The molecule has 2 fully saturated rings. The minimum atomic E-state index is -0.443. The maximum atomic E-state index is 12.3. The number of aliphatic hydroxyl groups is 1. The lowest BCUT2D eigenvalue weighted by molar-refractivity contribution is -0.000622. The third-order valence-electron chi connectivity index (χ3n) is 5.73. The van der Waals surface area contributed by atoms with Gasteiger partial charge >= 0.3 is 0 Å². The van der Waals surface area contributed by atoms with E-state index in [9.17, 15) is 9.90 Å². The average Bonchev–Trinajstić information content (AvgIpc) is 2.96. The molecule has 128 valence electrons. The number of aryl methyl sites for hydroxylation is 1. The van der Waals surface area contributed by atoms with E-state index in [1.165, 1.54) is 0 Å². The lowest BCUT2D eigenvalue weighted by Gasteiger charge is -2.36. The monoisotopic (exact) mass is 319 g/mol. The van der Waals surface area contributed by atoms with Gasteiger partial charge in [0.15, 0.2) is 0 Å². The van der Waals surface area contributed by atoms with Gasteiger partial charge in [-0.2, -0.15) is 0 Å². The standard InChI is InChI=1S/C18H29N3O2/c1-14-15(2)19-13-21(17(14)22)11-16-5-9-20(10-6-16)12-18(23)7-3-4-8-18/h13,16,23H,3-12H2,1-2H3. The predicted octanol–water partition coefficient (Wildman–Crippen LogP) is 1.88. The Kier molecular flexibility index (Phi) is 4.87. The van der Waals surface area contributed by atoms with Gasteiger partial charge in [-0.05, 0) is 58.5 Å². The molecule has 0 radical (unpaired) electrons. The molecular formula is C18H29N3O2. The number of piperidine rings is 1. The maximum absolute atomic E-state index is 12.3. The zero-order valence-corrected chi connectivity index (χ0v) is 14.4. The number of nitrogens with zero attached hydrogens (tertiary/aromatic N) is 3. The highest BCUT2D eigenvalue weighted by atomic mass is 16.3. The molecule has 1 saturated carbocycles. The van der Waals surface area contributed by atoms with Crippen molar-refractivity contribution in [3.8, 4) is 0 Å². The molecule has 0 bridgehead atoms. The van der Waals surface area contributed by atoms with Crippen LogP contribution in [0.3, 0.4) is 0 Å². The second-order valence-electron chi connectivity index (χ2n) is 7.56. The van der Waals surface area contributed by atoms with Crippen LogP contribution < -0.4 is 5.56 Å². The lowest BCUT2D eigenvalue weighted by Crippen LogP contribution is -2.45. The van der Waals surface area contributed by atoms with Crippen molar-refractivity contribution in [2.75, 3.05) is 19.6 Å². The fraction of sp³-hybridized carbons (Fsp3) is 0.778. The summed E-state index contributed by atoms with van der Waals surface area (Å²) in [5.74, 6) is 0.533. The molecule has 1 saturated heterocycles. The van der Waals surface area contributed by atoms with Crippen molar-refractivity contribution in [3.63, 3.8) is 0 Å². The van der Waals surface area contributed by atoms with Crippen molar-refractivity contribution in [2.45, 2.75) is 64.5 Å². The Morgan fingerprint density at radius 2 is 1.91 bits per heavy atom. The molecule has 3 rings (SSSR count). The van der Waals surface area contributed by atoms with Gasteiger partial charge in [0.2, 0.25) is 0 Å². The van der Waals surface area contributed by atoms with Crippen LogP contribution in [0.4, 0.5) is 0 Å². The molecule has 0 unspecified atom stereocenters. The first-order valence-corrected chi connectivity index (χ1v) is 8.94. The van der Waals surface area contributed by atoms with Crippen molar-refractivity contribution < 1.29 is 5.11 Å². The summed E-state index contributed by atoms with van der Waals surface area (Å²) in [6, 6.07) is 0. The van der Waals surface area contributed by atoms with E-state index in [0.717, 1.165) is 76.0 Å². The van der Waals surface area contributed by atoms with Gasteiger partial charge in [0, 0.05) is 24.3 Å². The third kappa shape index (κ3) is 3.83. The molecule has 2 heterocycles. The van der Waals surface area contributed by atoms with E-state index in [1.807, 2.05) is 13.8 Å². The molecule has 0 atom stereocenters. The van der Waals surface area contributed by atoms with Crippen LogP contribution in [-0.2, 0) is 6.54 Å². The fourth-order valence-electron chi connectivity index (χ4n) is 4.02. The Labute approximate surface area is 138 Å². The summed E-state index contributed by atoms with van der Waals surface area (Å²) < 4.78 is 1.77. The Hall–Kier alpha value is -1.20. The van der Waals surface area contributed by atoms with Gasteiger partial charge in [0.05, 0.1) is 11.9 Å². The topological polar surface area (TPSA) is 58.4 Å². The number of hydrogen-bond donors (Lipinski definition) is 1. The van der Waals surface area contributed by atoms with Crippen LogP contribution in [0, 0.1) is 19.8 Å². The summed E-state index contributed by atoms with van der Waals surface area (Å²) in [6.07, 6.45) is 8.11. The molecule has 1 aromatic heterocycles. The molecule has 5 heteroatoms. The average molecular weight is 319 g/mol. The first kappa shape index (κ1) is 16.7. The first-order chi connectivity index (χ1) is 11.0. The van der Waals surface area contributed by atoms with Crippen LogP contribution in [0.1, 0.15) is 49.8 Å². The smallest absolute Gasteiger partial charge is 0.256 e. The molecule has 0 spiro atoms. The second kappa shape index (κ2) is 6.73. The van der Waals surface area contributed by atoms with Crippen molar-refractivity contribution >= 4 is 0 Å². The van der Waals surface area contributed by atoms with Crippen LogP contribution in [0.25, 0.3) is 0 Å². The van der Waals surface area contributed by atoms with Gasteiger partial charge in [-0.3, -0.25) is 9.36 Å². The van der Waals surface area contributed by atoms with E-state index in [1.54, 1.807) is 10.9 Å². The zero-order valence-electron chi connectivity index (χ0n) is 14.4. The summed E-state index contributed by atoms with van der Waals surface area (Å²) in [5, 5.41) is 10.5. The summed E-state index contributed by atoms with van der Waals surface area (Å²) in [4.78, 5) is 19.0. The summed E-state index contributed by atoms with van der Waals surface area (Å²) >= 11 is 0. The van der Waals surface area contributed by atoms with Crippen molar-refractivity contribution in [1.29, 1.82) is 0 Å². The Balaban J connectivity index is 1.53. The Bertz CT molecular complexity index is 597. The largest absolute Gasteiger partial charge is 0.389 e. The van der Waals surface area contributed by atoms with Gasteiger partial charge < -0.3 is 10.0 Å². The highest BCUT2D eigenvalue weighted by Crippen LogP contribution is 2.31. The number of aromatic nitrogens is 2. The molecule has 0 amide bonds. The van der Waals surface area contributed by atoms with Gasteiger partial charge in [0.25, 0.3) is 5.56 Å². The molecule has 1 aliphatic heterocycles. The minimum absolute atomic E-state index is 0.0974. The van der Waals surface area contributed by atoms with Gasteiger partial charge in [-0.1, -0.05) is 12.8 Å². The highest BCUT2D eigenvalue weighted by molar-refractivity contribution is 5.12. The molecule has 2 aliphatic rings. The number of β-amino-alcohol motifs (C(OH)–C–C–N with tert-alkyl or cyclic N) is 1. The second-order valence-corrected chi connectivity index (χ2v) is 7.56. The van der Waals surface area contributed by atoms with Gasteiger partial charge in [0.1, 0.15) is 0 Å².